The van der Waals surface area contributed by atoms with Crippen LogP contribution in [0.4, 0.5) is 0 Å². The molecule has 2 aliphatic carbocycles. The standard InChI is InChI=1S/C28H37NO3/c1-18(2)22-15-20-9-12-25-27(3,13-6-14-28(25,4)23(20)16-24(22)30)17-29-26(31)19-7-10-21(32-5)11-8-19/h7-8,10-11,15-16,18,25,30H,6,9,12-14,17H2,1-5H3,(H,29,31)/t25-,27-,28+/m0/s1. The molecule has 4 heteroatoms. The molecule has 2 aromatic rings. The number of hydrogen-bond acceptors (Lipinski definition) is 3. The van der Waals surface area contributed by atoms with Crippen LogP contribution in [0.15, 0.2) is 36.4 Å². The van der Waals surface area contributed by atoms with Crippen molar-refractivity contribution < 1.29 is 14.6 Å². The molecule has 2 aromatic carbocycles. The van der Waals surface area contributed by atoms with Gasteiger partial charge in [0.1, 0.15) is 11.5 Å². The highest BCUT2D eigenvalue weighted by Crippen LogP contribution is 2.57. The van der Waals surface area contributed by atoms with Crippen LogP contribution in [0.3, 0.4) is 0 Å². The molecule has 0 bridgehead atoms. The summed E-state index contributed by atoms with van der Waals surface area (Å²) in [5.74, 6) is 1.94. The van der Waals surface area contributed by atoms with Crippen LogP contribution >= 0.6 is 0 Å². The van der Waals surface area contributed by atoms with E-state index in [4.69, 9.17) is 4.74 Å². The van der Waals surface area contributed by atoms with Crippen molar-refractivity contribution in [3.05, 3.63) is 58.7 Å². The fraction of sp³-hybridized carbons (Fsp3) is 0.536. The Labute approximate surface area is 192 Å². The van der Waals surface area contributed by atoms with Crippen LogP contribution in [0.25, 0.3) is 0 Å². The third kappa shape index (κ3) is 3.89. The molecule has 0 heterocycles. The number of methoxy groups -OCH3 is 1. The lowest BCUT2D eigenvalue weighted by Gasteiger charge is -2.55. The van der Waals surface area contributed by atoms with Gasteiger partial charge in [-0.3, -0.25) is 4.79 Å². The van der Waals surface area contributed by atoms with Crippen molar-refractivity contribution in [2.24, 2.45) is 11.3 Å². The highest BCUT2D eigenvalue weighted by molar-refractivity contribution is 5.94. The minimum absolute atomic E-state index is 0.0262. The van der Waals surface area contributed by atoms with Gasteiger partial charge in [-0.1, -0.05) is 40.2 Å². The van der Waals surface area contributed by atoms with Crippen LogP contribution in [0.5, 0.6) is 11.5 Å². The number of nitrogens with one attached hydrogen (secondary N) is 1. The first-order chi connectivity index (χ1) is 15.2. The van der Waals surface area contributed by atoms with Crippen molar-refractivity contribution in [3.8, 4) is 11.5 Å². The SMILES string of the molecule is COc1ccc(C(=O)NC[C@]2(C)CCC[C@]3(C)c4cc(O)c(C(C)C)cc4CC[C@@H]23)cc1. The van der Waals surface area contributed by atoms with Crippen LogP contribution in [0.2, 0.25) is 0 Å². The normalized spacial score (nSPS) is 26.9. The number of rotatable bonds is 5. The van der Waals surface area contributed by atoms with Crippen molar-refractivity contribution in [1.29, 1.82) is 0 Å². The summed E-state index contributed by atoms with van der Waals surface area (Å²) in [6.45, 7) is 9.67. The zero-order chi connectivity index (χ0) is 23.1. The van der Waals surface area contributed by atoms with Gasteiger partial charge in [-0.25, -0.2) is 0 Å². The molecule has 2 aliphatic rings. The Kier molecular flexibility index (Phi) is 6.00. The van der Waals surface area contributed by atoms with E-state index in [1.807, 2.05) is 24.3 Å². The first-order valence-electron chi connectivity index (χ1n) is 12.0. The Bertz CT molecular complexity index is 996. The maximum absolute atomic E-state index is 12.8. The topological polar surface area (TPSA) is 58.6 Å². The molecule has 0 unspecified atom stereocenters. The first-order valence-corrected chi connectivity index (χ1v) is 12.0. The van der Waals surface area contributed by atoms with Crippen molar-refractivity contribution in [3.63, 3.8) is 0 Å². The summed E-state index contributed by atoms with van der Waals surface area (Å²) in [5.41, 5.74) is 4.49. The highest BCUT2D eigenvalue weighted by Gasteiger charge is 2.51. The number of aromatic hydroxyl groups is 1. The number of aryl methyl sites for hydroxylation is 1. The second kappa shape index (κ2) is 8.46. The molecule has 3 atom stereocenters. The molecule has 172 valence electrons. The lowest BCUT2D eigenvalue weighted by atomic mass is 9.49. The fourth-order valence-electron chi connectivity index (χ4n) is 6.46. The predicted octanol–water partition coefficient (Wildman–Crippen LogP) is 5.96. The maximum Gasteiger partial charge on any atom is 0.251 e. The third-order valence-electron chi connectivity index (χ3n) is 8.25. The van der Waals surface area contributed by atoms with Gasteiger partial charge in [0.25, 0.3) is 5.91 Å². The third-order valence-corrected chi connectivity index (χ3v) is 8.25. The van der Waals surface area contributed by atoms with E-state index >= 15 is 0 Å². The molecule has 32 heavy (non-hydrogen) atoms. The monoisotopic (exact) mass is 435 g/mol. The van der Waals surface area contributed by atoms with Gasteiger partial charge in [0, 0.05) is 12.1 Å². The van der Waals surface area contributed by atoms with Gasteiger partial charge < -0.3 is 15.2 Å². The van der Waals surface area contributed by atoms with Gasteiger partial charge in [0.15, 0.2) is 0 Å². The minimum Gasteiger partial charge on any atom is -0.508 e. The molecule has 0 spiro atoms. The number of ether oxygens (including phenoxy) is 1. The van der Waals surface area contributed by atoms with E-state index in [1.54, 1.807) is 7.11 Å². The molecule has 0 saturated heterocycles. The summed E-state index contributed by atoms with van der Waals surface area (Å²) in [6.07, 6.45) is 5.54. The van der Waals surface area contributed by atoms with E-state index in [0.29, 0.717) is 29.7 Å². The summed E-state index contributed by atoms with van der Waals surface area (Å²) in [5, 5.41) is 14.0. The lowest BCUT2D eigenvalue weighted by molar-refractivity contribution is 0.0253. The number of phenolic OH excluding ortho intramolecular Hbond substituents is 1. The molecule has 4 rings (SSSR count). The molecule has 0 radical (unpaired) electrons. The Morgan fingerprint density at radius 1 is 1.19 bits per heavy atom. The Balaban J connectivity index is 1.56. The fourth-order valence-corrected chi connectivity index (χ4v) is 6.46. The minimum atomic E-state index is -0.0309. The predicted molar refractivity (Wildman–Crippen MR) is 129 cm³/mol. The van der Waals surface area contributed by atoms with Crippen molar-refractivity contribution in [2.75, 3.05) is 13.7 Å². The van der Waals surface area contributed by atoms with Crippen molar-refractivity contribution in [1.82, 2.24) is 5.32 Å². The average molecular weight is 436 g/mol. The van der Waals surface area contributed by atoms with Crippen LogP contribution in [0.1, 0.15) is 86.3 Å². The van der Waals surface area contributed by atoms with Gasteiger partial charge in [-0.2, -0.15) is 0 Å². The van der Waals surface area contributed by atoms with Gasteiger partial charge in [-0.15, -0.1) is 0 Å². The molecular weight excluding hydrogens is 398 g/mol. The second-order valence-electron chi connectivity index (χ2n) is 10.7. The largest absolute Gasteiger partial charge is 0.508 e. The molecule has 4 nitrogen and oxygen atoms in total. The number of amides is 1. The highest BCUT2D eigenvalue weighted by atomic mass is 16.5. The van der Waals surface area contributed by atoms with E-state index < -0.39 is 0 Å². The number of phenols is 1. The smallest absolute Gasteiger partial charge is 0.251 e. The number of hydrogen-bond donors (Lipinski definition) is 2. The molecule has 1 saturated carbocycles. The van der Waals surface area contributed by atoms with E-state index in [0.717, 1.165) is 43.4 Å². The summed E-state index contributed by atoms with van der Waals surface area (Å²) < 4.78 is 5.20. The van der Waals surface area contributed by atoms with Gasteiger partial charge in [-0.05, 0) is 95.4 Å². The number of carbonyl (C=O) groups is 1. The molecule has 1 amide bonds. The van der Waals surface area contributed by atoms with Crippen LogP contribution < -0.4 is 10.1 Å². The molecule has 0 aliphatic heterocycles. The second-order valence-corrected chi connectivity index (χ2v) is 10.7. The van der Waals surface area contributed by atoms with Gasteiger partial charge in [0.05, 0.1) is 7.11 Å². The van der Waals surface area contributed by atoms with Crippen molar-refractivity contribution in [2.45, 2.75) is 71.1 Å². The zero-order valence-corrected chi connectivity index (χ0v) is 20.1. The summed E-state index contributed by atoms with van der Waals surface area (Å²) in [4.78, 5) is 12.8. The van der Waals surface area contributed by atoms with E-state index in [9.17, 15) is 9.90 Å². The summed E-state index contributed by atoms with van der Waals surface area (Å²) in [6, 6.07) is 11.6. The van der Waals surface area contributed by atoms with Crippen LogP contribution in [-0.2, 0) is 11.8 Å². The van der Waals surface area contributed by atoms with E-state index in [1.165, 1.54) is 11.1 Å². The van der Waals surface area contributed by atoms with Gasteiger partial charge in [0.2, 0.25) is 0 Å². The zero-order valence-electron chi connectivity index (χ0n) is 20.1. The number of carbonyl (C=O) groups excluding carboxylic acids is 1. The molecule has 1 fully saturated rings. The number of benzene rings is 2. The molecular formula is C28H37NO3. The van der Waals surface area contributed by atoms with Gasteiger partial charge >= 0.3 is 0 Å². The Morgan fingerprint density at radius 3 is 2.56 bits per heavy atom. The van der Waals surface area contributed by atoms with E-state index in [2.05, 4.69) is 45.1 Å². The van der Waals surface area contributed by atoms with Crippen LogP contribution in [-0.4, -0.2) is 24.7 Å². The number of fused-ring (bicyclic) bond motifs is 3. The Hall–Kier alpha value is -2.49. The average Bonchev–Trinajstić information content (AvgIpc) is 2.77. The molecule has 2 N–H and O–H groups in total. The first kappa shape index (κ1) is 22.7. The maximum atomic E-state index is 12.8. The van der Waals surface area contributed by atoms with E-state index in [-0.39, 0.29) is 16.7 Å². The molecule has 0 aromatic heterocycles. The quantitative estimate of drug-likeness (QED) is 0.609. The summed E-state index contributed by atoms with van der Waals surface area (Å²) in [7, 11) is 1.63. The Morgan fingerprint density at radius 2 is 1.91 bits per heavy atom. The van der Waals surface area contributed by atoms with Crippen LogP contribution in [0, 0.1) is 11.3 Å². The van der Waals surface area contributed by atoms with Crippen molar-refractivity contribution >= 4 is 5.91 Å². The lowest BCUT2D eigenvalue weighted by Crippen LogP contribution is -2.53. The summed E-state index contributed by atoms with van der Waals surface area (Å²) >= 11 is 0.